The minimum Gasteiger partial charge on any atom is -0.508 e. The molecular weight excluding hydrogens is 236 g/mol. The van der Waals surface area contributed by atoms with Gasteiger partial charge in [0.25, 0.3) is 0 Å². The largest absolute Gasteiger partial charge is 0.508 e. The zero-order valence-electron chi connectivity index (χ0n) is 11.6. The summed E-state index contributed by atoms with van der Waals surface area (Å²) in [7, 11) is 0. The van der Waals surface area contributed by atoms with Crippen LogP contribution in [-0.4, -0.2) is 10.2 Å². The van der Waals surface area contributed by atoms with E-state index in [-0.39, 0.29) is 5.75 Å². The summed E-state index contributed by atoms with van der Waals surface area (Å²) < 4.78 is 0. The van der Waals surface area contributed by atoms with Crippen molar-refractivity contribution in [2.45, 2.75) is 32.8 Å². The lowest BCUT2D eigenvalue weighted by Crippen LogP contribution is -2.24. The molecule has 19 heavy (non-hydrogen) atoms. The predicted octanol–water partition coefficient (Wildman–Crippen LogP) is 3.46. The van der Waals surface area contributed by atoms with Crippen LogP contribution in [0.5, 0.6) is 5.75 Å². The van der Waals surface area contributed by atoms with E-state index in [1.807, 2.05) is 0 Å². The Morgan fingerprint density at radius 3 is 2.00 bits per heavy atom. The molecule has 2 N–H and O–H groups in total. The molecule has 0 aliphatic carbocycles. The number of aromatic hydroxyl groups is 1. The Morgan fingerprint density at radius 2 is 1.47 bits per heavy atom. The smallest absolute Gasteiger partial charge is 0.115 e. The normalized spacial score (nSPS) is 14.1. The molecule has 100 valence electrons. The molecule has 2 aromatic carbocycles. The Labute approximate surface area is 114 Å². The van der Waals surface area contributed by atoms with E-state index >= 15 is 0 Å². The molecule has 0 spiro atoms. The van der Waals surface area contributed by atoms with Crippen molar-refractivity contribution in [3.05, 3.63) is 64.7 Å². The predicted molar refractivity (Wildman–Crippen MR) is 77.3 cm³/mol. The summed E-state index contributed by atoms with van der Waals surface area (Å²) in [5.74, 6) is 0.214. The van der Waals surface area contributed by atoms with Crippen LogP contribution in [0.4, 0.5) is 0 Å². The quantitative estimate of drug-likeness (QED) is 0.883. The van der Waals surface area contributed by atoms with E-state index in [0.717, 1.165) is 11.1 Å². The highest BCUT2D eigenvalue weighted by Gasteiger charge is 2.23. The molecule has 0 saturated heterocycles. The van der Waals surface area contributed by atoms with Crippen LogP contribution in [0.3, 0.4) is 0 Å². The van der Waals surface area contributed by atoms with Gasteiger partial charge in [0, 0.05) is 6.42 Å². The topological polar surface area (TPSA) is 40.5 Å². The number of aliphatic hydroxyl groups is 1. The van der Waals surface area contributed by atoms with Crippen molar-refractivity contribution in [2.75, 3.05) is 0 Å². The monoisotopic (exact) mass is 256 g/mol. The van der Waals surface area contributed by atoms with Crippen LogP contribution in [0.25, 0.3) is 0 Å². The average Bonchev–Trinajstić information content (AvgIpc) is 2.27. The van der Waals surface area contributed by atoms with Gasteiger partial charge in [0.15, 0.2) is 0 Å². The number of rotatable bonds is 3. The lowest BCUT2D eigenvalue weighted by Gasteiger charge is -2.24. The third kappa shape index (κ3) is 3.36. The second-order valence-corrected chi connectivity index (χ2v) is 5.49. The summed E-state index contributed by atoms with van der Waals surface area (Å²) in [6.45, 7) is 5.93. The van der Waals surface area contributed by atoms with E-state index in [4.69, 9.17) is 0 Å². The first-order valence-electron chi connectivity index (χ1n) is 6.46. The minimum absolute atomic E-state index is 0.214. The first-order valence-corrected chi connectivity index (χ1v) is 6.46. The van der Waals surface area contributed by atoms with Gasteiger partial charge in [0.1, 0.15) is 5.75 Å². The molecule has 0 radical (unpaired) electrons. The zero-order valence-corrected chi connectivity index (χ0v) is 11.6. The molecule has 0 saturated carbocycles. The summed E-state index contributed by atoms with van der Waals surface area (Å²) in [4.78, 5) is 0. The van der Waals surface area contributed by atoms with Gasteiger partial charge in [-0.05, 0) is 44.0 Å². The first kappa shape index (κ1) is 13.6. The van der Waals surface area contributed by atoms with Gasteiger partial charge in [-0.3, -0.25) is 0 Å². The molecule has 0 amide bonds. The first-order chi connectivity index (χ1) is 8.87. The van der Waals surface area contributed by atoms with Crippen LogP contribution in [0, 0.1) is 13.8 Å². The van der Waals surface area contributed by atoms with Gasteiger partial charge in [-0.2, -0.15) is 0 Å². The van der Waals surface area contributed by atoms with Crippen molar-refractivity contribution in [1.82, 2.24) is 0 Å². The molecule has 0 heterocycles. The molecule has 2 nitrogen and oxygen atoms in total. The number of hydrogen-bond donors (Lipinski definition) is 2. The molecule has 2 heteroatoms. The highest BCUT2D eigenvalue weighted by Crippen LogP contribution is 2.27. The molecule has 1 unspecified atom stereocenters. The maximum Gasteiger partial charge on any atom is 0.115 e. The van der Waals surface area contributed by atoms with Crippen LogP contribution in [0.2, 0.25) is 0 Å². The van der Waals surface area contributed by atoms with E-state index < -0.39 is 5.60 Å². The number of hydrogen-bond acceptors (Lipinski definition) is 2. The third-order valence-corrected chi connectivity index (χ3v) is 3.32. The van der Waals surface area contributed by atoms with Crippen LogP contribution in [0.1, 0.15) is 29.2 Å². The molecule has 0 aliphatic heterocycles. The van der Waals surface area contributed by atoms with Gasteiger partial charge in [0.2, 0.25) is 0 Å². The van der Waals surface area contributed by atoms with Gasteiger partial charge in [-0.25, -0.2) is 0 Å². The van der Waals surface area contributed by atoms with Crippen molar-refractivity contribution in [3.8, 4) is 5.75 Å². The number of phenols is 1. The highest BCUT2D eigenvalue weighted by molar-refractivity contribution is 5.34. The lowest BCUT2D eigenvalue weighted by atomic mass is 9.88. The summed E-state index contributed by atoms with van der Waals surface area (Å²) in [5, 5.41) is 19.9. The van der Waals surface area contributed by atoms with E-state index in [1.54, 1.807) is 31.2 Å². The number of benzene rings is 2. The molecule has 0 bridgehead atoms. The number of phenolic OH excluding ortho intramolecular Hbond substituents is 1. The Kier molecular flexibility index (Phi) is 3.63. The maximum absolute atomic E-state index is 10.6. The summed E-state index contributed by atoms with van der Waals surface area (Å²) >= 11 is 0. The van der Waals surface area contributed by atoms with Gasteiger partial charge in [-0.1, -0.05) is 41.5 Å². The van der Waals surface area contributed by atoms with E-state index in [0.29, 0.717) is 6.42 Å². The van der Waals surface area contributed by atoms with Crippen LogP contribution in [0.15, 0.2) is 42.5 Å². The fourth-order valence-electron chi connectivity index (χ4n) is 2.49. The van der Waals surface area contributed by atoms with Crippen molar-refractivity contribution in [3.63, 3.8) is 0 Å². The molecule has 1 atom stereocenters. The van der Waals surface area contributed by atoms with Gasteiger partial charge in [0.05, 0.1) is 5.60 Å². The molecule has 0 fully saturated rings. The average molecular weight is 256 g/mol. The number of aryl methyl sites for hydroxylation is 2. The Morgan fingerprint density at radius 1 is 0.947 bits per heavy atom. The van der Waals surface area contributed by atoms with E-state index in [9.17, 15) is 10.2 Å². The van der Waals surface area contributed by atoms with Crippen LogP contribution in [-0.2, 0) is 12.0 Å². The van der Waals surface area contributed by atoms with Gasteiger partial charge < -0.3 is 10.2 Å². The highest BCUT2D eigenvalue weighted by atomic mass is 16.3. The van der Waals surface area contributed by atoms with Crippen molar-refractivity contribution in [1.29, 1.82) is 0 Å². The van der Waals surface area contributed by atoms with Gasteiger partial charge >= 0.3 is 0 Å². The summed E-state index contributed by atoms with van der Waals surface area (Å²) in [6.07, 6.45) is 0.556. The minimum atomic E-state index is -0.937. The molecule has 2 rings (SSSR count). The lowest BCUT2D eigenvalue weighted by molar-refractivity contribution is 0.0576. The Hall–Kier alpha value is -1.80. The fourth-order valence-corrected chi connectivity index (χ4v) is 2.49. The van der Waals surface area contributed by atoms with Crippen LogP contribution >= 0.6 is 0 Å². The second-order valence-electron chi connectivity index (χ2n) is 5.49. The Balaban J connectivity index is 2.27. The van der Waals surface area contributed by atoms with Crippen molar-refractivity contribution < 1.29 is 10.2 Å². The fraction of sp³-hybridized carbons (Fsp3) is 0.294. The molecule has 0 aliphatic rings. The van der Waals surface area contributed by atoms with E-state index in [2.05, 4.69) is 32.0 Å². The summed E-state index contributed by atoms with van der Waals surface area (Å²) in [6, 6.07) is 13.1. The third-order valence-electron chi connectivity index (χ3n) is 3.32. The SMILES string of the molecule is Cc1cc(C)cc(CC(C)(O)c2ccc(O)cc2)c1. The van der Waals surface area contributed by atoms with Crippen molar-refractivity contribution >= 4 is 0 Å². The zero-order chi connectivity index (χ0) is 14.0. The van der Waals surface area contributed by atoms with Gasteiger partial charge in [-0.15, -0.1) is 0 Å². The van der Waals surface area contributed by atoms with Crippen molar-refractivity contribution in [2.24, 2.45) is 0 Å². The maximum atomic E-state index is 10.6. The van der Waals surface area contributed by atoms with Crippen LogP contribution < -0.4 is 0 Å². The molecular formula is C17H20O2. The standard InChI is InChI=1S/C17H20O2/c1-12-8-13(2)10-14(9-12)11-17(3,19)15-4-6-16(18)7-5-15/h4-10,18-19H,11H2,1-3H3. The molecule has 2 aromatic rings. The molecule has 0 aromatic heterocycles. The second kappa shape index (κ2) is 5.06. The van der Waals surface area contributed by atoms with E-state index in [1.165, 1.54) is 11.1 Å². The summed E-state index contributed by atoms with van der Waals surface area (Å²) in [5.41, 5.74) is 3.40. The Bertz CT molecular complexity index is 548.